The van der Waals surface area contributed by atoms with Gasteiger partial charge in [-0.3, -0.25) is 9.63 Å². The van der Waals surface area contributed by atoms with E-state index in [1.165, 1.54) is 23.3 Å². The first kappa shape index (κ1) is 11.0. The normalized spacial score (nSPS) is 12.9. The Kier molecular flexibility index (Phi) is 2.61. The minimum atomic E-state index is -0.153. The number of rotatable bonds is 3. The molecule has 0 fully saturated rings. The predicted molar refractivity (Wildman–Crippen MR) is 68.6 cm³/mol. The van der Waals surface area contributed by atoms with Crippen LogP contribution in [0, 0.1) is 0 Å². The molecule has 1 aliphatic rings. The lowest BCUT2D eigenvalue weighted by Crippen LogP contribution is -2.25. The van der Waals surface area contributed by atoms with Crippen LogP contribution < -0.4 is 0 Å². The topological polar surface area (TPSA) is 29.5 Å². The number of carbonyl (C=O) groups is 1. The van der Waals surface area contributed by atoms with Crippen LogP contribution >= 0.6 is 0 Å². The molecule has 3 heteroatoms. The van der Waals surface area contributed by atoms with Crippen molar-refractivity contribution in [2.24, 2.45) is 0 Å². The van der Waals surface area contributed by atoms with Gasteiger partial charge < -0.3 is 0 Å². The largest absolute Gasteiger partial charge is 0.276 e. The molecule has 0 N–H and O–H groups in total. The summed E-state index contributed by atoms with van der Waals surface area (Å²) >= 11 is 0. The summed E-state index contributed by atoms with van der Waals surface area (Å²) in [5.41, 5.74) is 4.55. The van der Waals surface area contributed by atoms with Gasteiger partial charge in [-0.15, -0.1) is 0 Å². The molecule has 1 aliphatic carbocycles. The third-order valence-electron chi connectivity index (χ3n) is 3.37. The minimum Gasteiger partial charge on any atom is -0.276 e. The van der Waals surface area contributed by atoms with Gasteiger partial charge >= 0.3 is 0 Å². The zero-order valence-corrected chi connectivity index (χ0v) is 10.0. The zero-order valence-electron chi connectivity index (χ0n) is 10.0. The van der Waals surface area contributed by atoms with Gasteiger partial charge in [0.1, 0.15) is 6.04 Å². The molecule has 0 aromatic heterocycles. The highest BCUT2D eigenvalue weighted by molar-refractivity contribution is 5.79. The first-order valence-corrected chi connectivity index (χ1v) is 5.82. The number of amides is 1. The summed E-state index contributed by atoms with van der Waals surface area (Å²) < 4.78 is 0. The Bertz CT molecular complexity index is 549. The Morgan fingerprint density at radius 1 is 1.00 bits per heavy atom. The Hall–Kier alpha value is -2.13. The molecule has 1 amide bonds. The molecule has 0 heterocycles. The standard InChI is InChI=1S/C15H13NO2/c1-18-16(10-17)15-13-8-4-2-6-11(13)12-7-3-5-9-14(12)15/h2-10,15H,1H3. The van der Waals surface area contributed by atoms with E-state index in [4.69, 9.17) is 4.84 Å². The van der Waals surface area contributed by atoms with Crippen LogP contribution in [-0.4, -0.2) is 18.6 Å². The second-order valence-electron chi connectivity index (χ2n) is 4.22. The quantitative estimate of drug-likeness (QED) is 0.609. The average Bonchev–Trinajstić information content (AvgIpc) is 2.76. The van der Waals surface area contributed by atoms with Crippen LogP contribution in [0.1, 0.15) is 17.2 Å². The van der Waals surface area contributed by atoms with Crippen molar-refractivity contribution in [2.45, 2.75) is 6.04 Å². The van der Waals surface area contributed by atoms with Gasteiger partial charge in [-0.05, 0) is 22.3 Å². The minimum absolute atomic E-state index is 0.153. The number of hydrogen-bond acceptors (Lipinski definition) is 2. The molecule has 0 spiro atoms. The second kappa shape index (κ2) is 4.27. The Morgan fingerprint density at radius 2 is 1.50 bits per heavy atom. The van der Waals surface area contributed by atoms with E-state index < -0.39 is 0 Å². The molecule has 3 nitrogen and oxygen atoms in total. The molecule has 2 aromatic carbocycles. The number of benzene rings is 2. The maximum Gasteiger partial charge on any atom is 0.234 e. The molecule has 0 saturated carbocycles. The summed E-state index contributed by atoms with van der Waals surface area (Å²) in [5.74, 6) is 0. The van der Waals surface area contributed by atoms with E-state index in [-0.39, 0.29) is 6.04 Å². The molecule has 0 radical (unpaired) electrons. The van der Waals surface area contributed by atoms with Crippen molar-refractivity contribution < 1.29 is 9.63 Å². The summed E-state index contributed by atoms with van der Waals surface area (Å²) in [5, 5.41) is 1.35. The number of fused-ring (bicyclic) bond motifs is 3. The van der Waals surface area contributed by atoms with Crippen molar-refractivity contribution >= 4 is 6.41 Å². The third-order valence-corrected chi connectivity index (χ3v) is 3.37. The predicted octanol–water partition coefficient (Wildman–Crippen LogP) is 2.78. The van der Waals surface area contributed by atoms with E-state index in [0.29, 0.717) is 0 Å². The van der Waals surface area contributed by atoms with Gasteiger partial charge in [0.05, 0.1) is 7.11 Å². The summed E-state index contributed by atoms with van der Waals surface area (Å²) in [4.78, 5) is 16.3. The van der Waals surface area contributed by atoms with E-state index in [1.807, 2.05) is 36.4 Å². The molecule has 0 unspecified atom stereocenters. The first-order chi connectivity index (χ1) is 8.86. The number of hydrogen-bond donors (Lipinski definition) is 0. The van der Waals surface area contributed by atoms with E-state index in [9.17, 15) is 4.79 Å². The lowest BCUT2D eigenvalue weighted by Gasteiger charge is -2.23. The van der Waals surface area contributed by atoms with Crippen molar-refractivity contribution in [3.05, 3.63) is 59.7 Å². The third kappa shape index (κ3) is 1.45. The van der Waals surface area contributed by atoms with E-state index >= 15 is 0 Å². The Balaban J connectivity index is 2.23. The molecule has 90 valence electrons. The van der Waals surface area contributed by atoms with Crippen LogP contribution in [0.15, 0.2) is 48.5 Å². The van der Waals surface area contributed by atoms with Crippen LogP contribution in [-0.2, 0) is 9.63 Å². The van der Waals surface area contributed by atoms with Crippen LogP contribution in [0.25, 0.3) is 11.1 Å². The molecule has 3 rings (SSSR count). The van der Waals surface area contributed by atoms with E-state index in [0.717, 1.165) is 17.5 Å². The zero-order chi connectivity index (χ0) is 12.5. The molecule has 2 aromatic rings. The maximum absolute atomic E-state index is 11.1. The van der Waals surface area contributed by atoms with Crippen molar-refractivity contribution in [2.75, 3.05) is 7.11 Å². The van der Waals surface area contributed by atoms with Gasteiger partial charge in [0, 0.05) is 0 Å². The van der Waals surface area contributed by atoms with Crippen LogP contribution in [0.2, 0.25) is 0 Å². The van der Waals surface area contributed by atoms with Gasteiger partial charge in [-0.1, -0.05) is 48.5 Å². The Labute approximate surface area is 106 Å². The maximum atomic E-state index is 11.1. The van der Waals surface area contributed by atoms with Gasteiger partial charge in [-0.25, -0.2) is 5.06 Å². The highest BCUT2D eigenvalue weighted by atomic mass is 16.7. The van der Waals surface area contributed by atoms with Gasteiger partial charge in [-0.2, -0.15) is 0 Å². The Morgan fingerprint density at radius 3 is 1.94 bits per heavy atom. The molecular weight excluding hydrogens is 226 g/mol. The fourth-order valence-electron chi connectivity index (χ4n) is 2.61. The first-order valence-electron chi connectivity index (χ1n) is 5.82. The molecule has 18 heavy (non-hydrogen) atoms. The summed E-state index contributed by atoms with van der Waals surface area (Å²) in [6.07, 6.45) is 0.726. The van der Waals surface area contributed by atoms with Crippen LogP contribution in [0.3, 0.4) is 0 Å². The highest BCUT2D eigenvalue weighted by Gasteiger charge is 2.32. The van der Waals surface area contributed by atoms with Gasteiger partial charge in [0.2, 0.25) is 6.41 Å². The SMILES string of the molecule is CON(C=O)C1c2ccccc2-c2ccccc21. The fraction of sp³-hybridized carbons (Fsp3) is 0.133. The lowest BCUT2D eigenvalue weighted by atomic mass is 10.1. The van der Waals surface area contributed by atoms with Crippen molar-refractivity contribution in [3.8, 4) is 11.1 Å². The smallest absolute Gasteiger partial charge is 0.234 e. The van der Waals surface area contributed by atoms with Crippen molar-refractivity contribution in [3.63, 3.8) is 0 Å². The number of hydroxylamine groups is 2. The number of nitrogens with zero attached hydrogens (tertiary/aromatic N) is 1. The molecular formula is C15H13NO2. The van der Waals surface area contributed by atoms with E-state index in [2.05, 4.69) is 12.1 Å². The summed E-state index contributed by atoms with van der Waals surface area (Å²) in [7, 11) is 1.51. The summed E-state index contributed by atoms with van der Waals surface area (Å²) in [6.45, 7) is 0. The molecule has 0 atom stereocenters. The number of carbonyl (C=O) groups excluding carboxylic acids is 1. The molecule has 0 aliphatic heterocycles. The van der Waals surface area contributed by atoms with Gasteiger partial charge in [0.15, 0.2) is 0 Å². The average molecular weight is 239 g/mol. The second-order valence-corrected chi connectivity index (χ2v) is 4.22. The summed E-state index contributed by atoms with van der Waals surface area (Å²) in [6, 6.07) is 16.1. The van der Waals surface area contributed by atoms with Gasteiger partial charge in [0.25, 0.3) is 0 Å². The molecule has 0 bridgehead atoms. The lowest BCUT2D eigenvalue weighted by molar-refractivity contribution is -0.169. The van der Waals surface area contributed by atoms with E-state index in [1.54, 1.807) is 0 Å². The monoisotopic (exact) mass is 239 g/mol. The van der Waals surface area contributed by atoms with Crippen LogP contribution in [0.5, 0.6) is 0 Å². The van der Waals surface area contributed by atoms with Crippen molar-refractivity contribution in [1.82, 2.24) is 5.06 Å². The van der Waals surface area contributed by atoms with Crippen LogP contribution in [0.4, 0.5) is 0 Å². The highest BCUT2D eigenvalue weighted by Crippen LogP contribution is 2.45. The van der Waals surface area contributed by atoms with Crippen molar-refractivity contribution in [1.29, 1.82) is 0 Å². The molecule has 0 saturated heterocycles. The fourth-order valence-corrected chi connectivity index (χ4v) is 2.61.